The molecule has 0 aromatic carbocycles. The van der Waals surface area contributed by atoms with Crippen LogP contribution >= 0.6 is 0 Å². The predicted octanol–water partition coefficient (Wildman–Crippen LogP) is 0.718. The first-order valence-electron chi connectivity index (χ1n) is 4.98. The van der Waals surface area contributed by atoms with E-state index in [4.69, 9.17) is 9.47 Å². The molecule has 0 amide bonds. The zero-order chi connectivity index (χ0) is 11.8. The summed E-state index contributed by atoms with van der Waals surface area (Å²) < 4.78 is 10.7. The van der Waals surface area contributed by atoms with Crippen molar-refractivity contribution in [1.82, 2.24) is 9.97 Å². The van der Waals surface area contributed by atoms with Crippen molar-refractivity contribution in [3.8, 4) is 0 Å². The van der Waals surface area contributed by atoms with Gasteiger partial charge in [0, 0.05) is 25.8 Å². The normalized spacial score (nSPS) is 23.6. The van der Waals surface area contributed by atoms with Crippen LogP contribution < -0.4 is 5.69 Å². The summed E-state index contributed by atoms with van der Waals surface area (Å²) in [6.45, 7) is 1.94. The van der Waals surface area contributed by atoms with Crippen LogP contribution in [0.4, 0.5) is 0 Å². The number of rotatable bonds is 2. The number of hydrogen-bond donors (Lipinski definition) is 1. The first-order chi connectivity index (χ1) is 7.59. The van der Waals surface area contributed by atoms with Gasteiger partial charge in [-0.25, -0.2) is 9.78 Å². The molecule has 1 heterocycles. The summed E-state index contributed by atoms with van der Waals surface area (Å²) in [5, 5.41) is 0. The number of aromatic nitrogens is 2. The lowest BCUT2D eigenvalue weighted by molar-refractivity contribution is -0.00442. The fourth-order valence-electron chi connectivity index (χ4n) is 1.89. The fourth-order valence-corrected chi connectivity index (χ4v) is 1.89. The molecule has 0 fully saturated rings. The molecule has 0 saturated carbocycles. The zero-order valence-electron chi connectivity index (χ0n) is 9.53. The Morgan fingerprint density at radius 2 is 2.25 bits per heavy atom. The van der Waals surface area contributed by atoms with E-state index >= 15 is 0 Å². The third-order valence-corrected chi connectivity index (χ3v) is 2.92. The highest BCUT2D eigenvalue weighted by Gasteiger charge is 2.35. The van der Waals surface area contributed by atoms with Gasteiger partial charge < -0.3 is 14.5 Å². The molecule has 1 atom stereocenters. The molecule has 5 heteroatoms. The van der Waals surface area contributed by atoms with Crippen LogP contribution in [0, 0.1) is 0 Å². The lowest BCUT2D eigenvalue weighted by Crippen LogP contribution is -2.36. The number of fused-ring (bicyclic) bond motifs is 1. The van der Waals surface area contributed by atoms with Gasteiger partial charge in [0.2, 0.25) is 0 Å². The molecule has 5 nitrogen and oxygen atoms in total. The largest absolute Gasteiger partial charge is 0.498 e. The van der Waals surface area contributed by atoms with Crippen LogP contribution in [-0.2, 0) is 15.9 Å². The third-order valence-electron chi connectivity index (χ3n) is 2.92. The van der Waals surface area contributed by atoms with Crippen LogP contribution in [0.2, 0.25) is 0 Å². The van der Waals surface area contributed by atoms with Gasteiger partial charge in [-0.3, -0.25) is 0 Å². The number of methoxy groups -OCH3 is 2. The molecule has 1 aliphatic carbocycles. The minimum Gasteiger partial charge on any atom is -0.498 e. The molecule has 1 N–H and O–H groups in total. The van der Waals surface area contributed by atoms with Crippen molar-refractivity contribution < 1.29 is 9.47 Å². The van der Waals surface area contributed by atoms with Gasteiger partial charge in [-0.2, -0.15) is 0 Å². The highest BCUT2D eigenvalue weighted by Crippen LogP contribution is 2.32. The van der Waals surface area contributed by atoms with E-state index in [-0.39, 0.29) is 5.69 Å². The highest BCUT2D eigenvalue weighted by atomic mass is 16.5. The second kappa shape index (κ2) is 3.75. The molecule has 0 radical (unpaired) electrons. The van der Waals surface area contributed by atoms with Crippen molar-refractivity contribution in [2.45, 2.75) is 18.9 Å². The maximum absolute atomic E-state index is 11.1. The Hall–Kier alpha value is -1.62. The van der Waals surface area contributed by atoms with Crippen LogP contribution in [-0.4, -0.2) is 29.8 Å². The van der Waals surface area contributed by atoms with Crippen LogP contribution in [0.3, 0.4) is 0 Å². The monoisotopic (exact) mass is 222 g/mol. The van der Waals surface area contributed by atoms with E-state index in [2.05, 4.69) is 9.97 Å². The van der Waals surface area contributed by atoms with Crippen molar-refractivity contribution >= 4 is 6.08 Å². The van der Waals surface area contributed by atoms with Gasteiger partial charge >= 0.3 is 5.69 Å². The number of H-pyrrole nitrogens is 1. The molecule has 2 rings (SSSR count). The first-order valence-corrected chi connectivity index (χ1v) is 4.98. The molecule has 0 saturated heterocycles. The van der Waals surface area contributed by atoms with Gasteiger partial charge in [-0.15, -0.1) is 0 Å². The summed E-state index contributed by atoms with van der Waals surface area (Å²) in [6, 6.07) is 0. The Balaban J connectivity index is 2.55. The molecular formula is C11H14N2O3. The van der Waals surface area contributed by atoms with E-state index in [0.717, 1.165) is 11.3 Å². The highest BCUT2D eigenvalue weighted by molar-refractivity contribution is 5.56. The van der Waals surface area contributed by atoms with Crippen LogP contribution in [0.1, 0.15) is 18.2 Å². The number of ether oxygens (including phenoxy) is 2. The summed E-state index contributed by atoms with van der Waals surface area (Å²) in [5.41, 5.74) is 0.837. The fraction of sp³-hybridized carbons (Fsp3) is 0.455. The van der Waals surface area contributed by atoms with E-state index in [0.29, 0.717) is 12.2 Å². The van der Waals surface area contributed by atoms with Gasteiger partial charge in [-0.1, -0.05) is 0 Å². The molecule has 86 valence electrons. The molecular weight excluding hydrogens is 208 g/mol. The van der Waals surface area contributed by atoms with Crippen molar-refractivity contribution in [3.63, 3.8) is 0 Å². The Labute approximate surface area is 93.1 Å². The molecule has 0 bridgehead atoms. The molecule has 1 aromatic heterocycles. The smallest absolute Gasteiger partial charge is 0.345 e. The standard InChI is InChI=1S/C11H14N2O3/c1-11(16-3)5-7-6-12-10(14)13-8(7)4-9(11)15-2/h4,6H,5H2,1-3H3,(H,12,13,14). The molecule has 1 aromatic rings. The van der Waals surface area contributed by atoms with E-state index in [9.17, 15) is 4.79 Å². The minimum absolute atomic E-state index is 0.355. The lowest BCUT2D eigenvalue weighted by atomic mass is 9.88. The van der Waals surface area contributed by atoms with Crippen LogP contribution in [0.5, 0.6) is 0 Å². The zero-order valence-corrected chi connectivity index (χ0v) is 9.53. The summed E-state index contributed by atoms with van der Waals surface area (Å²) >= 11 is 0. The number of nitrogens with one attached hydrogen (secondary N) is 1. The molecule has 1 unspecified atom stereocenters. The van der Waals surface area contributed by atoms with Gasteiger partial charge in [0.1, 0.15) is 11.4 Å². The average molecular weight is 222 g/mol. The Kier molecular flexibility index (Phi) is 2.55. The van der Waals surface area contributed by atoms with Gasteiger partial charge in [0.05, 0.1) is 12.8 Å². The van der Waals surface area contributed by atoms with Gasteiger partial charge in [-0.05, 0) is 12.5 Å². The second-order valence-electron chi connectivity index (χ2n) is 3.95. The maximum atomic E-state index is 11.1. The van der Waals surface area contributed by atoms with E-state index in [1.165, 1.54) is 0 Å². The summed E-state index contributed by atoms with van der Waals surface area (Å²) in [5.74, 6) is 0.698. The van der Waals surface area contributed by atoms with Crippen molar-refractivity contribution in [2.24, 2.45) is 0 Å². The average Bonchev–Trinajstić information content (AvgIpc) is 2.29. The van der Waals surface area contributed by atoms with Crippen molar-refractivity contribution in [3.05, 3.63) is 33.7 Å². The topological polar surface area (TPSA) is 64.2 Å². The molecule has 16 heavy (non-hydrogen) atoms. The Morgan fingerprint density at radius 3 is 2.88 bits per heavy atom. The SMILES string of the molecule is COC1=Cc2[nH]c(=O)ncc2CC1(C)OC. The van der Waals surface area contributed by atoms with Crippen molar-refractivity contribution in [1.29, 1.82) is 0 Å². The Morgan fingerprint density at radius 1 is 1.50 bits per heavy atom. The van der Waals surface area contributed by atoms with Crippen LogP contribution in [0.25, 0.3) is 6.08 Å². The minimum atomic E-state index is -0.498. The van der Waals surface area contributed by atoms with E-state index < -0.39 is 5.60 Å². The number of aromatic amines is 1. The molecule has 1 aliphatic rings. The lowest BCUT2D eigenvalue weighted by Gasteiger charge is -2.33. The summed E-state index contributed by atoms with van der Waals surface area (Å²) in [6.07, 6.45) is 3.99. The first kappa shape index (κ1) is 10.9. The quantitative estimate of drug-likeness (QED) is 0.800. The Bertz CT molecular complexity index is 492. The summed E-state index contributed by atoms with van der Waals surface area (Å²) in [4.78, 5) is 17.5. The maximum Gasteiger partial charge on any atom is 0.345 e. The second-order valence-corrected chi connectivity index (χ2v) is 3.95. The van der Waals surface area contributed by atoms with Crippen LogP contribution in [0.15, 0.2) is 16.8 Å². The van der Waals surface area contributed by atoms with Gasteiger partial charge in [0.25, 0.3) is 0 Å². The van der Waals surface area contributed by atoms with Crippen molar-refractivity contribution in [2.75, 3.05) is 14.2 Å². The third kappa shape index (κ3) is 1.63. The number of nitrogens with zero attached hydrogens (tertiary/aromatic N) is 1. The summed E-state index contributed by atoms with van der Waals surface area (Å²) in [7, 11) is 3.23. The predicted molar refractivity (Wildman–Crippen MR) is 59.0 cm³/mol. The number of hydrogen-bond acceptors (Lipinski definition) is 4. The van der Waals surface area contributed by atoms with Gasteiger partial charge in [0.15, 0.2) is 0 Å². The van der Waals surface area contributed by atoms with E-state index in [1.807, 2.05) is 6.92 Å². The molecule has 0 spiro atoms. The molecule has 0 aliphatic heterocycles. The van der Waals surface area contributed by atoms with E-state index in [1.54, 1.807) is 26.5 Å².